The number of carbonyl (C=O) groups excluding carboxylic acids is 2. The quantitative estimate of drug-likeness (QED) is 0.470. The van der Waals surface area contributed by atoms with E-state index in [1.54, 1.807) is 14.0 Å². The molecule has 2 aromatic heterocycles. The van der Waals surface area contributed by atoms with Gasteiger partial charge in [-0.25, -0.2) is 9.67 Å². The molecule has 0 spiro atoms. The highest BCUT2D eigenvalue weighted by molar-refractivity contribution is 5.98. The molecule has 2 aliphatic rings. The fraction of sp³-hybridized carbons (Fsp3) is 0.444. The van der Waals surface area contributed by atoms with Crippen LogP contribution in [-0.4, -0.2) is 87.7 Å². The number of fused-ring (bicyclic) bond motifs is 1. The summed E-state index contributed by atoms with van der Waals surface area (Å²) < 4.78 is 7.16. The average Bonchev–Trinajstić information content (AvgIpc) is 3.52. The molecule has 0 N–H and O–H groups in total. The van der Waals surface area contributed by atoms with Crippen LogP contribution in [0.4, 0.5) is 11.8 Å². The van der Waals surface area contributed by atoms with E-state index in [2.05, 4.69) is 14.9 Å². The van der Waals surface area contributed by atoms with E-state index < -0.39 is 0 Å². The molecule has 0 bridgehead atoms. The number of ether oxygens (including phenoxy) is 1. The highest BCUT2D eigenvalue weighted by atomic mass is 16.5. The SMILES string of the molecule is COc1cccc(-n2cc(CN(C)c3nc(N4CCN(C(C)=O)CC4)nc4c3CN(C(C)C)C4=O)cn2)c1. The Labute approximate surface area is 222 Å². The highest BCUT2D eigenvalue weighted by Gasteiger charge is 2.36. The van der Waals surface area contributed by atoms with Crippen LogP contribution in [0, 0.1) is 0 Å². The van der Waals surface area contributed by atoms with Gasteiger partial charge in [0.15, 0.2) is 0 Å². The van der Waals surface area contributed by atoms with Gasteiger partial charge in [-0.1, -0.05) is 6.07 Å². The largest absolute Gasteiger partial charge is 0.497 e. The Hall–Kier alpha value is -4.15. The molecule has 2 amide bonds. The van der Waals surface area contributed by atoms with Gasteiger partial charge in [0.2, 0.25) is 11.9 Å². The number of methoxy groups -OCH3 is 1. The van der Waals surface area contributed by atoms with E-state index in [1.807, 2.05) is 72.0 Å². The molecule has 0 aliphatic carbocycles. The number of nitrogens with zero attached hydrogens (tertiary/aromatic N) is 8. The van der Waals surface area contributed by atoms with Crippen LogP contribution >= 0.6 is 0 Å². The van der Waals surface area contributed by atoms with Gasteiger partial charge in [-0.05, 0) is 26.0 Å². The van der Waals surface area contributed by atoms with Crippen LogP contribution < -0.4 is 14.5 Å². The minimum Gasteiger partial charge on any atom is -0.497 e. The predicted molar refractivity (Wildman–Crippen MR) is 144 cm³/mol. The Bertz CT molecular complexity index is 1350. The van der Waals surface area contributed by atoms with Crippen molar-refractivity contribution in [1.29, 1.82) is 0 Å². The fourth-order valence-electron chi connectivity index (χ4n) is 4.94. The monoisotopic (exact) mass is 518 g/mol. The van der Waals surface area contributed by atoms with Gasteiger partial charge in [0.25, 0.3) is 5.91 Å². The number of benzene rings is 1. The van der Waals surface area contributed by atoms with Crippen LogP contribution in [0.2, 0.25) is 0 Å². The molecule has 5 rings (SSSR count). The zero-order valence-electron chi connectivity index (χ0n) is 22.6. The van der Waals surface area contributed by atoms with E-state index in [0.29, 0.717) is 50.9 Å². The van der Waals surface area contributed by atoms with Crippen molar-refractivity contribution in [1.82, 2.24) is 29.5 Å². The van der Waals surface area contributed by atoms with Crippen molar-refractivity contribution in [2.45, 2.75) is 39.9 Å². The van der Waals surface area contributed by atoms with Gasteiger partial charge in [0.05, 0.1) is 25.5 Å². The average molecular weight is 519 g/mol. The van der Waals surface area contributed by atoms with E-state index >= 15 is 0 Å². The molecule has 0 unspecified atom stereocenters. The summed E-state index contributed by atoms with van der Waals surface area (Å²) in [5, 5.41) is 4.54. The summed E-state index contributed by atoms with van der Waals surface area (Å²) in [7, 11) is 3.62. The van der Waals surface area contributed by atoms with E-state index in [1.165, 1.54) is 0 Å². The van der Waals surface area contributed by atoms with Crippen molar-refractivity contribution < 1.29 is 14.3 Å². The number of hydrogen-bond donors (Lipinski definition) is 0. The molecule has 1 fully saturated rings. The first-order valence-electron chi connectivity index (χ1n) is 12.9. The van der Waals surface area contributed by atoms with E-state index in [9.17, 15) is 9.59 Å². The normalized spacial score (nSPS) is 15.3. The Morgan fingerprint density at radius 1 is 1.16 bits per heavy atom. The Balaban J connectivity index is 1.43. The molecule has 4 heterocycles. The van der Waals surface area contributed by atoms with Crippen molar-refractivity contribution in [2.75, 3.05) is 50.1 Å². The molecule has 1 aromatic carbocycles. The number of amides is 2. The molecule has 0 atom stereocenters. The number of piperazine rings is 1. The number of hydrogen-bond acceptors (Lipinski definition) is 8. The van der Waals surface area contributed by atoms with Gasteiger partial charge < -0.3 is 24.3 Å². The van der Waals surface area contributed by atoms with Crippen LogP contribution in [0.5, 0.6) is 5.75 Å². The standard InChI is InChI=1S/C27H34N8O3/c1-18(2)34-17-23-24(26(34)37)29-27(33-11-9-32(10-12-33)19(3)36)30-25(23)31(4)15-20-14-28-35(16-20)21-7-6-8-22(13-21)38-5/h6-8,13-14,16,18H,9-12,15,17H2,1-5H3. The van der Waals surface area contributed by atoms with Gasteiger partial charge in [0, 0.05) is 76.1 Å². The Kier molecular flexibility index (Phi) is 6.92. The lowest BCUT2D eigenvalue weighted by Gasteiger charge is -2.34. The molecule has 200 valence electrons. The van der Waals surface area contributed by atoms with Gasteiger partial charge in [0.1, 0.15) is 17.3 Å². The lowest BCUT2D eigenvalue weighted by molar-refractivity contribution is -0.129. The zero-order chi connectivity index (χ0) is 27.0. The second-order valence-corrected chi connectivity index (χ2v) is 10.0. The summed E-state index contributed by atoms with van der Waals surface area (Å²) >= 11 is 0. The Morgan fingerprint density at radius 2 is 1.92 bits per heavy atom. The maximum atomic E-state index is 13.3. The first-order chi connectivity index (χ1) is 18.2. The summed E-state index contributed by atoms with van der Waals surface area (Å²) in [6, 6.07) is 7.79. The van der Waals surface area contributed by atoms with Gasteiger partial charge >= 0.3 is 0 Å². The smallest absolute Gasteiger partial charge is 0.273 e. The molecular formula is C27H34N8O3. The first kappa shape index (κ1) is 25.5. The molecule has 1 saturated heterocycles. The summed E-state index contributed by atoms with van der Waals surface area (Å²) in [5.41, 5.74) is 3.22. The molecule has 3 aromatic rings. The van der Waals surface area contributed by atoms with E-state index in [0.717, 1.165) is 28.4 Å². The predicted octanol–water partition coefficient (Wildman–Crippen LogP) is 2.34. The zero-order valence-corrected chi connectivity index (χ0v) is 22.6. The van der Waals surface area contributed by atoms with Crippen LogP contribution in [-0.2, 0) is 17.9 Å². The van der Waals surface area contributed by atoms with Crippen LogP contribution in [0.3, 0.4) is 0 Å². The minimum absolute atomic E-state index is 0.0542. The van der Waals surface area contributed by atoms with Crippen LogP contribution in [0.25, 0.3) is 5.69 Å². The number of anilines is 2. The molecule has 2 aliphatic heterocycles. The topological polar surface area (TPSA) is 99.9 Å². The lowest BCUT2D eigenvalue weighted by atomic mass is 10.2. The van der Waals surface area contributed by atoms with Crippen molar-refractivity contribution >= 4 is 23.6 Å². The molecule has 11 nitrogen and oxygen atoms in total. The van der Waals surface area contributed by atoms with Crippen LogP contribution in [0.1, 0.15) is 42.4 Å². The fourth-order valence-corrected chi connectivity index (χ4v) is 4.94. The third-order valence-corrected chi connectivity index (χ3v) is 7.13. The van der Waals surface area contributed by atoms with Crippen LogP contribution in [0.15, 0.2) is 36.7 Å². The Morgan fingerprint density at radius 3 is 2.61 bits per heavy atom. The second-order valence-electron chi connectivity index (χ2n) is 10.0. The second kappa shape index (κ2) is 10.3. The van der Waals surface area contributed by atoms with Crippen molar-refractivity contribution in [3.63, 3.8) is 0 Å². The van der Waals surface area contributed by atoms with E-state index in [-0.39, 0.29) is 17.9 Å². The summed E-state index contributed by atoms with van der Waals surface area (Å²) in [5.74, 6) is 2.03. The van der Waals surface area contributed by atoms with Gasteiger partial charge in [-0.3, -0.25) is 9.59 Å². The molecule has 38 heavy (non-hydrogen) atoms. The molecular weight excluding hydrogens is 484 g/mol. The number of rotatable bonds is 7. The molecule has 11 heteroatoms. The lowest BCUT2D eigenvalue weighted by Crippen LogP contribution is -2.48. The van der Waals surface area contributed by atoms with Gasteiger partial charge in [-0.2, -0.15) is 10.1 Å². The molecule has 0 radical (unpaired) electrons. The van der Waals surface area contributed by atoms with Crippen molar-refractivity contribution in [3.8, 4) is 11.4 Å². The van der Waals surface area contributed by atoms with Crippen molar-refractivity contribution in [2.24, 2.45) is 0 Å². The van der Waals surface area contributed by atoms with Gasteiger partial charge in [-0.15, -0.1) is 0 Å². The van der Waals surface area contributed by atoms with E-state index in [4.69, 9.17) is 14.7 Å². The number of carbonyl (C=O) groups is 2. The summed E-state index contributed by atoms with van der Waals surface area (Å²) in [4.78, 5) is 42.5. The summed E-state index contributed by atoms with van der Waals surface area (Å²) in [6.45, 7) is 9.10. The first-order valence-corrected chi connectivity index (χ1v) is 12.9. The maximum absolute atomic E-state index is 13.3. The summed E-state index contributed by atoms with van der Waals surface area (Å²) in [6.07, 6.45) is 3.82. The highest BCUT2D eigenvalue weighted by Crippen LogP contribution is 2.33. The third-order valence-electron chi connectivity index (χ3n) is 7.13. The minimum atomic E-state index is -0.0680. The molecule has 0 saturated carbocycles. The number of aromatic nitrogens is 4. The van der Waals surface area contributed by atoms with Crippen molar-refractivity contribution in [3.05, 3.63) is 53.5 Å². The third kappa shape index (κ3) is 4.88. The maximum Gasteiger partial charge on any atom is 0.273 e.